The Morgan fingerprint density at radius 2 is 2.00 bits per heavy atom. The summed E-state index contributed by atoms with van der Waals surface area (Å²) in [6.45, 7) is 2.44. The van der Waals surface area contributed by atoms with E-state index in [1.165, 1.54) is 31.2 Å². The molecule has 1 heterocycles. The fourth-order valence-electron chi connectivity index (χ4n) is 3.86. The highest BCUT2D eigenvalue weighted by atomic mass is 127. The molecule has 0 radical (unpaired) electrons. The van der Waals surface area contributed by atoms with Crippen LogP contribution in [0.15, 0.2) is 29.3 Å². The first-order valence-electron chi connectivity index (χ1n) is 9.03. The number of guanidine groups is 1. The van der Waals surface area contributed by atoms with Crippen molar-refractivity contribution in [3.63, 3.8) is 0 Å². The number of hydrogen-bond acceptors (Lipinski definition) is 2. The molecular weight excluding hydrogens is 449 g/mol. The van der Waals surface area contributed by atoms with Crippen LogP contribution in [0, 0.1) is 0 Å². The quantitative estimate of drug-likeness (QED) is 0.390. The van der Waals surface area contributed by atoms with Crippen molar-refractivity contribution in [2.45, 2.75) is 50.0 Å². The molecule has 1 aliphatic carbocycles. The molecule has 2 fully saturated rings. The minimum Gasteiger partial charge on any atom is -0.381 e. The highest BCUT2D eigenvalue weighted by molar-refractivity contribution is 14.0. The van der Waals surface area contributed by atoms with Crippen LogP contribution >= 0.6 is 35.6 Å². The Morgan fingerprint density at radius 3 is 2.64 bits per heavy atom. The lowest BCUT2D eigenvalue weighted by Crippen LogP contribution is -2.49. The number of rotatable bonds is 4. The summed E-state index contributed by atoms with van der Waals surface area (Å²) in [6, 6.07) is 8.83. The van der Waals surface area contributed by atoms with Crippen LogP contribution < -0.4 is 10.6 Å². The van der Waals surface area contributed by atoms with E-state index < -0.39 is 0 Å². The summed E-state index contributed by atoms with van der Waals surface area (Å²) in [6.07, 6.45) is 7.13. The molecule has 3 rings (SSSR count). The number of benzene rings is 1. The average Bonchev–Trinajstić information content (AvgIpc) is 3.12. The molecule has 0 aromatic heterocycles. The van der Waals surface area contributed by atoms with Gasteiger partial charge in [0.05, 0.1) is 0 Å². The van der Waals surface area contributed by atoms with E-state index in [9.17, 15) is 0 Å². The maximum atomic E-state index is 6.24. The van der Waals surface area contributed by atoms with Gasteiger partial charge in [-0.3, -0.25) is 4.99 Å². The number of hydrogen-bond donors (Lipinski definition) is 2. The van der Waals surface area contributed by atoms with Crippen molar-refractivity contribution in [1.82, 2.24) is 10.6 Å². The van der Waals surface area contributed by atoms with Crippen LogP contribution in [-0.4, -0.2) is 38.8 Å². The third-order valence-electron chi connectivity index (χ3n) is 5.40. The van der Waals surface area contributed by atoms with Gasteiger partial charge in [-0.2, -0.15) is 0 Å². The number of nitrogens with zero attached hydrogens (tertiary/aromatic N) is 1. The molecular formula is C19H29ClIN3O. The Labute approximate surface area is 173 Å². The molecule has 1 saturated carbocycles. The van der Waals surface area contributed by atoms with E-state index in [-0.39, 0.29) is 29.4 Å². The first-order chi connectivity index (χ1) is 11.7. The van der Waals surface area contributed by atoms with Crippen molar-refractivity contribution in [3.05, 3.63) is 34.9 Å². The molecule has 1 saturated heterocycles. The Morgan fingerprint density at radius 1 is 1.28 bits per heavy atom. The summed E-state index contributed by atoms with van der Waals surface area (Å²) in [5.41, 5.74) is 1.35. The zero-order valence-electron chi connectivity index (χ0n) is 14.9. The predicted molar refractivity (Wildman–Crippen MR) is 115 cm³/mol. The molecule has 0 amide bonds. The Bertz CT molecular complexity index is 570. The second-order valence-corrected chi connectivity index (χ2v) is 7.39. The van der Waals surface area contributed by atoms with Crippen molar-refractivity contribution >= 4 is 41.5 Å². The van der Waals surface area contributed by atoms with Gasteiger partial charge < -0.3 is 15.4 Å². The largest absolute Gasteiger partial charge is 0.381 e. The number of nitrogens with one attached hydrogen (secondary N) is 2. The molecule has 0 atom stereocenters. The topological polar surface area (TPSA) is 45.7 Å². The fourth-order valence-corrected chi connectivity index (χ4v) is 4.05. The van der Waals surface area contributed by atoms with Gasteiger partial charge in [-0.15, -0.1) is 24.0 Å². The molecule has 0 unspecified atom stereocenters. The summed E-state index contributed by atoms with van der Waals surface area (Å²) in [5.74, 6) is 0.912. The molecule has 25 heavy (non-hydrogen) atoms. The van der Waals surface area contributed by atoms with Crippen LogP contribution in [0.4, 0.5) is 0 Å². The summed E-state index contributed by atoms with van der Waals surface area (Å²) in [5, 5.41) is 7.93. The zero-order valence-corrected chi connectivity index (χ0v) is 18.0. The van der Waals surface area contributed by atoms with E-state index in [1.807, 2.05) is 19.2 Å². The van der Waals surface area contributed by atoms with Crippen LogP contribution in [0.3, 0.4) is 0 Å². The van der Waals surface area contributed by atoms with E-state index in [4.69, 9.17) is 16.3 Å². The zero-order chi connectivity index (χ0) is 16.8. The molecule has 2 N–H and O–H groups in total. The summed E-state index contributed by atoms with van der Waals surface area (Å²) < 4.78 is 5.61. The molecule has 0 bridgehead atoms. The molecule has 6 heteroatoms. The molecule has 2 aliphatic rings. The predicted octanol–water partition coefficient (Wildman–Crippen LogP) is 4.11. The van der Waals surface area contributed by atoms with Gasteiger partial charge in [-0.05, 0) is 43.4 Å². The maximum absolute atomic E-state index is 6.24. The lowest BCUT2D eigenvalue weighted by Gasteiger charge is -2.38. The van der Waals surface area contributed by atoms with Gasteiger partial charge in [-0.1, -0.05) is 36.6 Å². The van der Waals surface area contributed by atoms with Crippen molar-refractivity contribution in [2.24, 2.45) is 4.99 Å². The Kier molecular flexibility index (Phi) is 8.29. The van der Waals surface area contributed by atoms with E-state index in [0.29, 0.717) is 6.04 Å². The molecule has 4 nitrogen and oxygen atoms in total. The first-order valence-corrected chi connectivity index (χ1v) is 9.41. The standard InChI is InChI=1S/C19H28ClN3O.HI/c1-21-18(23-17-7-2-3-8-17)22-14-19(9-11-24-12-10-19)15-5-4-6-16(20)13-15;/h4-6,13,17H,2-3,7-12,14H2,1H3,(H2,21,22,23);1H. The van der Waals surface area contributed by atoms with E-state index in [0.717, 1.165) is 43.6 Å². The van der Waals surface area contributed by atoms with Gasteiger partial charge >= 0.3 is 0 Å². The monoisotopic (exact) mass is 477 g/mol. The van der Waals surface area contributed by atoms with Crippen LogP contribution in [-0.2, 0) is 10.2 Å². The second kappa shape index (κ2) is 9.97. The molecule has 140 valence electrons. The minimum absolute atomic E-state index is 0. The maximum Gasteiger partial charge on any atom is 0.191 e. The van der Waals surface area contributed by atoms with Gasteiger partial charge in [0.15, 0.2) is 5.96 Å². The van der Waals surface area contributed by atoms with Crippen LogP contribution in [0.1, 0.15) is 44.1 Å². The molecule has 1 aliphatic heterocycles. The summed E-state index contributed by atoms with van der Waals surface area (Å²) in [4.78, 5) is 4.42. The van der Waals surface area contributed by atoms with Crippen LogP contribution in [0.2, 0.25) is 5.02 Å². The first kappa shape index (κ1) is 20.8. The lowest BCUT2D eigenvalue weighted by molar-refractivity contribution is 0.0513. The highest BCUT2D eigenvalue weighted by Gasteiger charge is 2.35. The lowest BCUT2D eigenvalue weighted by atomic mass is 9.74. The number of halogens is 2. The summed E-state index contributed by atoms with van der Waals surface area (Å²) >= 11 is 6.24. The van der Waals surface area contributed by atoms with Crippen molar-refractivity contribution in [3.8, 4) is 0 Å². The van der Waals surface area contributed by atoms with Crippen LogP contribution in [0.25, 0.3) is 0 Å². The Balaban J connectivity index is 0.00000225. The minimum atomic E-state index is 0. The fraction of sp³-hybridized carbons (Fsp3) is 0.632. The normalized spacial score (nSPS) is 20.8. The smallest absolute Gasteiger partial charge is 0.191 e. The van der Waals surface area contributed by atoms with E-state index in [2.05, 4.69) is 27.8 Å². The molecule has 1 aromatic rings. The second-order valence-electron chi connectivity index (χ2n) is 6.95. The van der Waals surface area contributed by atoms with Gasteiger partial charge in [0.25, 0.3) is 0 Å². The molecule has 1 aromatic carbocycles. The highest BCUT2D eigenvalue weighted by Crippen LogP contribution is 2.35. The van der Waals surface area contributed by atoms with Gasteiger partial charge in [-0.25, -0.2) is 0 Å². The van der Waals surface area contributed by atoms with Gasteiger partial charge in [0.1, 0.15) is 0 Å². The SMILES string of the molecule is CN=C(NCC1(c2cccc(Cl)c2)CCOCC1)NC1CCCC1.I. The van der Waals surface area contributed by atoms with Crippen LogP contribution in [0.5, 0.6) is 0 Å². The third kappa shape index (κ3) is 5.47. The van der Waals surface area contributed by atoms with E-state index in [1.54, 1.807) is 0 Å². The molecule has 0 spiro atoms. The summed E-state index contributed by atoms with van der Waals surface area (Å²) in [7, 11) is 1.85. The van der Waals surface area contributed by atoms with Gasteiger partial charge in [0.2, 0.25) is 0 Å². The van der Waals surface area contributed by atoms with Crippen molar-refractivity contribution < 1.29 is 4.74 Å². The number of ether oxygens (including phenoxy) is 1. The van der Waals surface area contributed by atoms with Gasteiger partial charge in [0, 0.05) is 43.3 Å². The third-order valence-corrected chi connectivity index (χ3v) is 5.64. The van der Waals surface area contributed by atoms with Crippen molar-refractivity contribution in [1.29, 1.82) is 0 Å². The van der Waals surface area contributed by atoms with E-state index >= 15 is 0 Å². The van der Waals surface area contributed by atoms with Crippen molar-refractivity contribution in [2.75, 3.05) is 26.8 Å². The average molecular weight is 478 g/mol. The number of aliphatic imine (C=N–C) groups is 1. The Hall–Kier alpha value is -0.530.